The molecule has 0 amide bonds. The van der Waals surface area contributed by atoms with Crippen LogP contribution in [0.5, 0.6) is 5.75 Å². The molecular formula is C14H23N3O. The highest BCUT2D eigenvalue weighted by molar-refractivity contribution is 5.35. The molecule has 100 valence electrons. The Morgan fingerprint density at radius 3 is 2.50 bits per heavy atom. The lowest BCUT2D eigenvalue weighted by atomic mass is 9.97. The van der Waals surface area contributed by atoms with Crippen LogP contribution < -0.4 is 5.73 Å². The van der Waals surface area contributed by atoms with Crippen molar-refractivity contribution in [3.63, 3.8) is 0 Å². The quantitative estimate of drug-likeness (QED) is 0.824. The fourth-order valence-corrected chi connectivity index (χ4v) is 2.47. The number of phenolic OH excluding ortho intramolecular Hbond substituents is 1. The van der Waals surface area contributed by atoms with Gasteiger partial charge in [0, 0.05) is 45.2 Å². The lowest BCUT2D eigenvalue weighted by Crippen LogP contribution is -2.46. The Morgan fingerprint density at radius 2 is 1.89 bits per heavy atom. The van der Waals surface area contributed by atoms with Crippen molar-refractivity contribution in [2.24, 2.45) is 5.73 Å². The van der Waals surface area contributed by atoms with E-state index in [4.69, 9.17) is 5.73 Å². The van der Waals surface area contributed by atoms with Crippen LogP contribution in [0, 0.1) is 0 Å². The Kier molecular flexibility index (Phi) is 4.58. The number of benzene rings is 1. The third kappa shape index (κ3) is 3.22. The van der Waals surface area contributed by atoms with Crippen molar-refractivity contribution in [1.82, 2.24) is 9.80 Å². The number of rotatable bonds is 4. The number of likely N-dealkylation sites (N-methyl/N-ethyl adjacent to an activating group) is 1. The van der Waals surface area contributed by atoms with E-state index in [0.717, 1.165) is 38.3 Å². The molecule has 4 nitrogen and oxygen atoms in total. The maximum atomic E-state index is 9.90. The maximum absolute atomic E-state index is 9.90. The molecule has 0 bridgehead atoms. The van der Waals surface area contributed by atoms with Crippen LogP contribution in [-0.2, 0) is 0 Å². The largest absolute Gasteiger partial charge is 0.508 e. The molecular weight excluding hydrogens is 226 g/mol. The third-order valence-electron chi connectivity index (χ3n) is 3.74. The summed E-state index contributed by atoms with van der Waals surface area (Å²) >= 11 is 0. The van der Waals surface area contributed by atoms with Crippen LogP contribution in [0.4, 0.5) is 0 Å². The lowest BCUT2D eigenvalue weighted by molar-refractivity contribution is 0.147. The maximum Gasteiger partial charge on any atom is 0.119 e. The molecule has 1 aliphatic heterocycles. The van der Waals surface area contributed by atoms with Crippen LogP contribution in [-0.4, -0.2) is 61.2 Å². The van der Waals surface area contributed by atoms with E-state index in [1.807, 2.05) is 18.2 Å². The first-order chi connectivity index (χ1) is 8.70. The van der Waals surface area contributed by atoms with Gasteiger partial charge in [-0.2, -0.15) is 0 Å². The van der Waals surface area contributed by atoms with Gasteiger partial charge in [0.05, 0.1) is 0 Å². The van der Waals surface area contributed by atoms with Crippen LogP contribution in [0.1, 0.15) is 11.5 Å². The van der Waals surface area contributed by atoms with Gasteiger partial charge in [-0.05, 0) is 18.7 Å². The molecule has 3 N–H and O–H groups in total. The van der Waals surface area contributed by atoms with Crippen LogP contribution in [0.3, 0.4) is 0 Å². The van der Waals surface area contributed by atoms with Gasteiger partial charge in [-0.3, -0.25) is 0 Å². The van der Waals surface area contributed by atoms with Gasteiger partial charge in [-0.15, -0.1) is 0 Å². The standard InChI is InChI=1S/C14H23N3O/c1-16-6-8-17(9-7-16)11-12(10-15)13-4-2-3-5-14(13)18/h2-5,12,18H,6-11,15H2,1H3. The van der Waals surface area contributed by atoms with Gasteiger partial charge in [0.15, 0.2) is 0 Å². The number of piperazine rings is 1. The Balaban J connectivity index is 1.99. The average Bonchev–Trinajstić information content (AvgIpc) is 2.39. The summed E-state index contributed by atoms with van der Waals surface area (Å²) in [6, 6.07) is 7.52. The molecule has 1 fully saturated rings. The minimum Gasteiger partial charge on any atom is -0.508 e. The second-order valence-electron chi connectivity index (χ2n) is 5.10. The first-order valence-electron chi connectivity index (χ1n) is 6.59. The Morgan fingerprint density at radius 1 is 1.22 bits per heavy atom. The monoisotopic (exact) mass is 249 g/mol. The highest BCUT2D eigenvalue weighted by Crippen LogP contribution is 2.25. The van der Waals surface area contributed by atoms with Gasteiger partial charge in [0.1, 0.15) is 5.75 Å². The highest BCUT2D eigenvalue weighted by Gasteiger charge is 2.20. The zero-order valence-corrected chi connectivity index (χ0v) is 11.0. The van der Waals surface area contributed by atoms with Crippen molar-refractivity contribution in [3.8, 4) is 5.75 Å². The molecule has 18 heavy (non-hydrogen) atoms. The fraction of sp³-hybridized carbons (Fsp3) is 0.571. The first kappa shape index (κ1) is 13.3. The van der Waals surface area contributed by atoms with Crippen molar-refractivity contribution < 1.29 is 5.11 Å². The number of nitrogens with zero attached hydrogens (tertiary/aromatic N) is 2. The van der Waals surface area contributed by atoms with E-state index < -0.39 is 0 Å². The highest BCUT2D eigenvalue weighted by atomic mass is 16.3. The molecule has 0 aliphatic carbocycles. The lowest BCUT2D eigenvalue weighted by Gasteiger charge is -2.34. The van der Waals surface area contributed by atoms with Crippen LogP contribution >= 0.6 is 0 Å². The summed E-state index contributed by atoms with van der Waals surface area (Å²) < 4.78 is 0. The smallest absolute Gasteiger partial charge is 0.119 e. The topological polar surface area (TPSA) is 52.7 Å². The molecule has 4 heteroatoms. The van der Waals surface area contributed by atoms with E-state index in [2.05, 4.69) is 16.8 Å². The summed E-state index contributed by atoms with van der Waals surface area (Å²) in [6.07, 6.45) is 0. The van der Waals surface area contributed by atoms with Crippen LogP contribution in [0.2, 0.25) is 0 Å². The van der Waals surface area contributed by atoms with Gasteiger partial charge in [0.25, 0.3) is 0 Å². The molecule has 2 rings (SSSR count). The summed E-state index contributed by atoms with van der Waals surface area (Å²) in [6.45, 7) is 5.89. The van der Waals surface area contributed by atoms with Crippen LogP contribution in [0.25, 0.3) is 0 Å². The second-order valence-corrected chi connectivity index (χ2v) is 5.10. The van der Waals surface area contributed by atoms with E-state index in [-0.39, 0.29) is 5.92 Å². The molecule has 1 unspecified atom stereocenters. The van der Waals surface area contributed by atoms with E-state index in [1.54, 1.807) is 6.07 Å². The molecule has 0 aromatic heterocycles. The molecule has 0 radical (unpaired) electrons. The summed E-state index contributed by atoms with van der Waals surface area (Å²) in [7, 11) is 2.15. The molecule has 1 saturated heterocycles. The van der Waals surface area contributed by atoms with Crippen molar-refractivity contribution in [2.45, 2.75) is 5.92 Å². The van der Waals surface area contributed by atoms with Gasteiger partial charge >= 0.3 is 0 Å². The van der Waals surface area contributed by atoms with E-state index >= 15 is 0 Å². The number of aromatic hydroxyl groups is 1. The van der Waals surface area contributed by atoms with Gasteiger partial charge in [0.2, 0.25) is 0 Å². The number of hydrogen-bond donors (Lipinski definition) is 2. The van der Waals surface area contributed by atoms with Gasteiger partial charge in [-0.25, -0.2) is 0 Å². The van der Waals surface area contributed by atoms with Gasteiger partial charge < -0.3 is 20.6 Å². The molecule has 1 atom stereocenters. The molecule has 1 aromatic carbocycles. The van der Waals surface area contributed by atoms with Crippen molar-refractivity contribution in [3.05, 3.63) is 29.8 Å². The zero-order valence-electron chi connectivity index (χ0n) is 11.0. The molecule has 1 heterocycles. The Bertz CT molecular complexity index is 375. The van der Waals surface area contributed by atoms with Crippen molar-refractivity contribution >= 4 is 0 Å². The van der Waals surface area contributed by atoms with E-state index in [0.29, 0.717) is 12.3 Å². The minimum absolute atomic E-state index is 0.217. The fourth-order valence-electron chi connectivity index (χ4n) is 2.47. The van der Waals surface area contributed by atoms with Crippen molar-refractivity contribution in [2.75, 3.05) is 46.3 Å². The third-order valence-corrected chi connectivity index (χ3v) is 3.74. The summed E-state index contributed by atoms with van der Waals surface area (Å²) in [5.41, 5.74) is 6.84. The number of hydrogen-bond acceptors (Lipinski definition) is 4. The molecule has 1 aliphatic rings. The summed E-state index contributed by atoms with van der Waals surface area (Å²) in [4.78, 5) is 4.78. The summed E-state index contributed by atoms with van der Waals surface area (Å²) in [5.74, 6) is 0.580. The Hall–Kier alpha value is -1.10. The van der Waals surface area contributed by atoms with E-state index in [1.165, 1.54) is 0 Å². The Labute approximate surface area is 109 Å². The number of para-hydroxylation sites is 1. The zero-order chi connectivity index (χ0) is 13.0. The normalized spacial score (nSPS) is 19.9. The minimum atomic E-state index is 0.217. The van der Waals surface area contributed by atoms with Crippen LogP contribution in [0.15, 0.2) is 24.3 Å². The predicted molar refractivity (Wildman–Crippen MR) is 73.8 cm³/mol. The average molecular weight is 249 g/mol. The number of phenols is 1. The molecule has 0 saturated carbocycles. The summed E-state index contributed by atoms with van der Waals surface area (Å²) in [5, 5.41) is 9.90. The van der Waals surface area contributed by atoms with Crippen molar-refractivity contribution in [1.29, 1.82) is 0 Å². The molecule has 0 spiro atoms. The second kappa shape index (κ2) is 6.18. The number of nitrogens with two attached hydrogens (primary N) is 1. The first-order valence-corrected chi connectivity index (χ1v) is 6.59. The van der Waals surface area contributed by atoms with Gasteiger partial charge in [-0.1, -0.05) is 18.2 Å². The van der Waals surface area contributed by atoms with E-state index in [9.17, 15) is 5.11 Å². The predicted octanol–water partition coefficient (Wildman–Crippen LogP) is 0.682. The molecule has 1 aromatic rings. The SMILES string of the molecule is CN1CCN(CC(CN)c2ccccc2O)CC1.